The fourth-order valence-electron chi connectivity index (χ4n) is 2.59. The summed E-state index contributed by atoms with van der Waals surface area (Å²) in [7, 11) is 3.08. The second-order valence-corrected chi connectivity index (χ2v) is 6.09. The van der Waals surface area contributed by atoms with Gasteiger partial charge >= 0.3 is 5.97 Å². The molecule has 0 saturated heterocycles. The molecule has 2 N–H and O–H groups in total. The minimum atomic E-state index is -0.459. The molecule has 0 unspecified atom stereocenters. The molecule has 0 atom stereocenters. The normalized spacial score (nSPS) is 10.0. The molecular formula is C21H24N2O6. The van der Waals surface area contributed by atoms with Crippen molar-refractivity contribution in [1.82, 2.24) is 10.6 Å². The Kier molecular flexibility index (Phi) is 8.02. The van der Waals surface area contributed by atoms with Crippen molar-refractivity contribution in [3.63, 3.8) is 0 Å². The lowest BCUT2D eigenvalue weighted by Crippen LogP contribution is -2.35. The molecule has 0 spiro atoms. The van der Waals surface area contributed by atoms with E-state index in [1.807, 2.05) is 0 Å². The molecule has 0 aliphatic rings. The first-order valence-corrected chi connectivity index (χ1v) is 8.97. The predicted octanol–water partition coefficient (Wildman–Crippen LogP) is 1.72. The summed E-state index contributed by atoms with van der Waals surface area (Å²) in [4.78, 5) is 35.2. The van der Waals surface area contributed by atoms with E-state index in [2.05, 4.69) is 10.6 Å². The first-order valence-electron chi connectivity index (χ1n) is 8.97. The van der Waals surface area contributed by atoms with Crippen LogP contribution in [0.1, 0.15) is 22.8 Å². The Balaban J connectivity index is 1.78. The van der Waals surface area contributed by atoms with E-state index in [0.29, 0.717) is 22.8 Å². The molecule has 8 nitrogen and oxygen atoms in total. The van der Waals surface area contributed by atoms with Crippen LogP contribution in [-0.2, 0) is 16.0 Å². The third-order valence-corrected chi connectivity index (χ3v) is 3.90. The van der Waals surface area contributed by atoms with Crippen LogP contribution in [0.3, 0.4) is 0 Å². The van der Waals surface area contributed by atoms with Crippen LogP contribution >= 0.6 is 0 Å². The molecule has 0 heterocycles. The Labute approximate surface area is 169 Å². The zero-order valence-electron chi connectivity index (χ0n) is 16.6. The highest BCUT2D eigenvalue weighted by atomic mass is 16.5. The van der Waals surface area contributed by atoms with Crippen molar-refractivity contribution in [3.8, 4) is 17.2 Å². The van der Waals surface area contributed by atoms with Gasteiger partial charge in [0, 0.05) is 25.6 Å². The van der Waals surface area contributed by atoms with Gasteiger partial charge in [-0.3, -0.25) is 14.4 Å². The lowest BCUT2D eigenvalue weighted by molar-refractivity contribution is -0.131. The van der Waals surface area contributed by atoms with E-state index in [4.69, 9.17) is 14.2 Å². The molecule has 154 valence electrons. The van der Waals surface area contributed by atoms with E-state index < -0.39 is 5.97 Å². The van der Waals surface area contributed by atoms with Crippen LogP contribution in [0.25, 0.3) is 0 Å². The lowest BCUT2D eigenvalue weighted by atomic mass is 10.1. The van der Waals surface area contributed by atoms with Gasteiger partial charge in [-0.15, -0.1) is 0 Å². The Hall–Kier alpha value is -3.55. The summed E-state index contributed by atoms with van der Waals surface area (Å²) in [5.74, 6) is 0.489. The molecule has 2 aromatic rings. The average Bonchev–Trinajstić information content (AvgIpc) is 2.70. The molecule has 0 fully saturated rings. The topological polar surface area (TPSA) is 103 Å². The highest BCUT2D eigenvalue weighted by Crippen LogP contribution is 2.27. The SMILES string of the molecule is COc1ccc(CC(=O)NCCNC(=O)c2cccc(OC(C)=O)c2)cc1OC. The van der Waals surface area contributed by atoms with Crippen molar-refractivity contribution in [2.24, 2.45) is 0 Å². The molecule has 0 aromatic heterocycles. The van der Waals surface area contributed by atoms with E-state index in [1.165, 1.54) is 20.1 Å². The van der Waals surface area contributed by atoms with Crippen molar-refractivity contribution in [3.05, 3.63) is 53.6 Å². The Bertz CT molecular complexity index is 881. The highest BCUT2D eigenvalue weighted by Gasteiger charge is 2.10. The van der Waals surface area contributed by atoms with Gasteiger partial charge in [-0.1, -0.05) is 12.1 Å². The number of benzene rings is 2. The lowest BCUT2D eigenvalue weighted by Gasteiger charge is -2.10. The fraction of sp³-hybridized carbons (Fsp3) is 0.286. The maximum absolute atomic E-state index is 12.2. The summed E-state index contributed by atoms with van der Waals surface area (Å²) in [6.07, 6.45) is 0.179. The quantitative estimate of drug-likeness (QED) is 0.377. The Morgan fingerprint density at radius 1 is 0.897 bits per heavy atom. The third kappa shape index (κ3) is 6.84. The van der Waals surface area contributed by atoms with E-state index in [0.717, 1.165) is 5.56 Å². The zero-order chi connectivity index (χ0) is 21.2. The number of carbonyl (C=O) groups is 3. The van der Waals surface area contributed by atoms with Gasteiger partial charge in [-0.2, -0.15) is 0 Å². The van der Waals surface area contributed by atoms with E-state index in [1.54, 1.807) is 43.5 Å². The minimum Gasteiger partial charge on any atom is -0.493 e. The smallest absolute Gasteiger partial charge is 0.308 e. The van der Waals surface area contributed by atoms with Crippen LogP contribution in [0, 0.1) is 0 Å². The summed E-state index contributed by atoms with van der Waals surface area (Å²) >= 11 is 0. The standard InChI is InChI=1S/C21H24N2O6/c1-14(24)29-17-6-4-5-16(13-17)21(26)23-10-9-22-20(25)12-15-7-8-18(27-2)19(11-15)28-3/h4-8,11,13H,9-10,12H2,1-3H3,(H,22,25)(H,23,26). The molecule has 0 aliphatic carbocycles. The Morgan fingerprint density at radius 2 is 1.62 bits per heavy atom. The predicted molar refractivity (Wildman–Crippen MR) is 106 cm³/mol. The van der Waals surface area contributed by atoms with Gasteiger partial charge < -0.3 is 24.8 Å². The summed E-state index contributed by atoms with van der Waals surface area (Å²) in [6, 6.07) is 11.6. The summed E-state index contributed by atoms with van der Waals surface area (Å²) < 4.78 is 15.4. The number of rotatable bonds is 9. The van der Waals surface area contributed by atoms with Gasteiger partial charge in [-0.05, 0) is 35.9 Å². The maximum atomic E-state index is 12.2. The maximum Gasteiger partial charge on any atom is 0.308 e. The number of hydrogen-bond acceptors (Lipinski definition) is 6. The minimum absolute atomic E-state index is 0.177. The van der Waals surface area contributed by atoms with Gasteiger partial charge in [0.2, 0.25) is 5.91 Å². The highest BCUT2D eigenvalue weighted by molar-refractivity contribution is 5.94. The van der Waals surface area contributed by atoms with Gasteiger partial charge in [-0.25, -0.2) is 0 Å². The van der Waals surface area contributed by atoms with Gasteiger partial charge in [0.05, 0.1) is 20.6 Å². The molecular weight excluding hydrogens is 376 g/mol. The molecule has 2 amide bonds. The molecule has 0 saturated carbocycles. The first-order chi connectivity index (χ1) is 13.9. The number of esters is 1. The largest absolute Gasteiger partial charge is 0.493 e. The van der Waals surface area contributed by atoms with Gasteiger partial charge in [0.15, 0.2) is 11.5 Å². The van der Waals surface area contributed by atoms with E-state index in [9.17, 15) is 14.4 Å². The zero-order valence-corrected chi connectivity index (χ0v) is 16.6. The molecule has 2 rings (SSSR count). The van der Waals surface area contributed by atoms with Crippen LogP contribution in [-0.4, -0.2) is 45.1 Å². The molecule has 29 heavy (non-hydrogen) atoms. The summed E-state index contributed by atoms with van der Waals surface area (Å²) in [5, 5.41) is 5.45. The summed E-state index contributed by atoms with van der Waals surface area (Å²) in [5.41, 5.74) is 1.15. The average molecular weight is 400 g/mol. The first kappa shape index (κ1) is 21.7. The molecule has 2 aromatic carbocycles. The number of ether oxygens (including phenoxy) is 3. The second-order valence-electron chi connectivity index (χ2n) is 6.09. The van der Waals surface area contributed by atoms with Crippen molar-refractivity contribution < 1.29 is 28.6 Å². The van der Waals surface area contributed by atoms with Crippen molar-refractivity contribution in [1.29, 1.82) is 0 Å². The van der Waals surface area contributed by atoms with Crippen LogP contribution < -0.4 is 24.8 Å². The number of nitrogens with one attached hydrogen (secondary N) is 2. The fourth-order valence-corrected chi connectivity index (χ4v) is 2.59. The number of hydrogen-bond donors (Lipinski definition) is 2. The van der Waals surface area contributed by atoms with Crippen molar-refractivity contribution in [2.45, 2.75) is 13.3 Å². The molecule has 0 radical (unpaired) electrons. The number of amides is 2. The van der Waals surface area contributed by atoms with Gasteiger partial charge in [0.25, 0.3) is 5.91 Å². The van der Waals surface area contributed by atoms with Crippen LogP contribution in [0.5, 0.6) is 17.2 Å². The van der Waals surface area contributed by atoms with Crippen molar-refractivity contribution >= 4 is 17.8 Å². The van der Waals surface area contributed by atoms with E-state index in [-0.39, 0.29) is 31.3 Å². The second kappa shape index (κ2) is 10.7. The monoisotopic (exact) mass is 400 g/mol. The number of methoxy groups -OCH3 is 2. The van der Waals surface area contributed by atoms with Crippen LogP contribution in [0.15, 0.2) is 42.5 Å². The van der Waals surface area contributed by atoms with E-state index >= 15 is 0 Å². The summed E-state index contributed by atoms with van der Waals surface area (Å²) in [6.45, 7) is 1.83. The molecule has 0 bridgehead atoms. The van der Waals surface area contributed by atoms with Crippen LogP contribution in [0.2, 0.25) is 0 Å². The molecule has 8 heteroatoms. The molecule has 0 aliphatic heterocycles. The van der Waals surface area contributed by atoms with Crippen molar-refractivity contribution in [2.75, 3.05) is 27.3 Å². The van der Waals surface area contributed by atoms with Crippen LogP contribution in [0.4, 0.5) is 0 Å². The van der Waals surface area contributed by atoms with Gasteiger partial charge in [0.1, 0.15) is 5.75 Å². The third-order valence-electron chi connectivity index (χ3n) is 3.90. The number of carbonyl (C=O) groups excluding carboxylic acids is 3. The Morgan fingerprint density at radius 3 is 2.31 bits per heavy atom.